The number of nitrogens with zero attached hydrogens (tertiary/aromatic N) is 2. The van der Waals surface area contributed by atoms with Crippen molar-refractivity contribution in [2.75, 3.05) is 19.7 Å². The number of amides is 1. The van der Waals surface area contributed by atoms with E-state index in [2.05, 4.69) is 15.3 Å². The van der Waals surface area contributed by atoms with Crippen molar-refractivity contribution < 1.29 is 9.90 Å². The van der Waals surface area contributed by atoms with Crippen molar-refractivity contribution in [1.82, 2.24) is 9.88 Å². The van der Waals surface area contributed by atoms with Crippen LogP contribution in [0.25, 0.3) is 10.6 Å². The first-order valence-electron chi connectivity index (χ1n) is 7.33. The second kappa shape index (κ2) is 6.56. The summed E-state index contributed by atoms with van der Waals surface area (Å²) in [6, 6.07) is 7.21. The molecular weight excluding hydrogens is 298 g/mol. The quantitative estimate of drug-likeness (QED) is 0.880. The number of benzene rings is 1. The van der Waals surface area contributed by atoms with Crippen LogP contribution in [0.4, 0.5) is 0 Å². The van der Waals surface area contributed by atoms with Gasteiger partial charge >= 0.3 is 0 Å². The highest BCUT2D eigenvalue weighted by molar-refractivity contribution is 7.13. The highest BCUT2D eigenvalue weighted by Crippen LogP contribution is 2.25. The maximum absolute atomic E-state index is 11.1. The molecule has 0 bridgehead atoms. The highest BCUT2D eigenvalue weighted by atomic mass is 32.1. The van der Waals surface area contributed by atoms with Gasteiger partial charge in [0.05, 0.1) is 5.69 Å². The molecule has 0 aliphatic carbocycles. The Hall–Kier alpha value is -1.76. The van der Waals surface area contributed by atoms with Gasteiger partial charge in [-0.05, 0) is 31.0 Å². The van der Waals surface area contributed by atoms with Crippen LogP contribution in [0.3, 0.4) is 0 Å². The average molecular weight is 317 g/mol. The molecule has 1 aliphatic heterocycles. The zero-order valence-electron chi connectivity index (χ0n) is 12.2. The van der Waals surface area contributed by atoms with Crippen LogP contribution in [0.5, 0.6) is 0 Å². The van der Waals surface area contributed by atoms with E-state index >= 15 is 0 Å². The summed E-state index contributed by atoms with van der Waals surface area (Å²) >= 11 is 1.60. The van der Waals surface area contributed by atoms with E-state index in [4.69, 9.17) is 5.73 Å². The van der Waals surface area contributed by atoms with Crippen LogP contribution in [0, 0.1) is 5.92 Å². The van der Waals surface area contributed by atoms with E-state index in [1.54, 1.807) is 23.5 Å². The van der Waals surface area contributed by atoms with E-state index in [1.165, 1.54) is 0 Å². The minimum atomic E-state index is -0.418. The molecule has 1 fully saturated rings. The number of hydrogen-bond acceptors (Lipinski definition) is 5. The first kappa shape index (κ1) is 15.1. The summed E-state index contributed by atoms with van der Waals surface area (Å²) in [4.78, 5) is 18.1. The normalized spacial score (nSPS) is 18.7. The molecule has 3 rings (SSSR count). The van der Waals surface area contributed by atoms with Crippen molar-refractivity contribution in [1.29, 1.82) is 0 Å². The molecule has 6 heteroatoms. The van der Waals surface area contributed by atoms with Crippen LogP contribution in [0.1, 0.15) is 22.5 Å². The monoisotopic (exact) mass is 317 g/mol. The fourth-order valence-corrected chi connectivity index (χ4v) is 3.54. The standard InChI is InChI=1S/C16H19N3O2S/c17-15(21)12-1-3-13(4-2-12)16-18-14(10-22-16)8-19-6-5-11(7-19)9-20/h1-4,10-11,20H,5-9H2,(H2,17,21). The van der Waals surface area contributed by atoms with E-state index in [1.807, 2.05) is 12.1 Å². The Morgan fingerprint density at radius 3 is 2.82 bits per heavy atom. The zero-order valence-corrected chi connectivity index (χ0v) is 13.1. The lowest BCUT2D eigenvalue weighted by atomic mass is 10.1. The fourth-order valence-electron chi connectivity index (χ4n) is 2.72. The molecule has 1 aromatic carbocycles. The molecule has 1 atom stereocenters. The van der Waals surface area contributed by atoms with E-state index in [9.17, 15) is 9.90 Å². The van der Waals surface area contributed by atoms with Crippen molar-refractivity contribution in [3.8, 4) is 10.6 Å². The number of nitrogens with two attached hydrogens (primary N) is 1. The number of rotatable bonds is 5. The van der Waals surface area contributed by atoms with Gasteiger partial charge < -0.3 is 10.8 Å². The Kier molecular flexibility index (Phi) is 4.52. The van der Waals surface area contributed by atoms with E-state index in [-0.39, 0.29) is 6.61 Å². The van der Waals surface area contributed by atoms with Crippen molar-refractivity contribution >= 4 is 17.2 Å². The van der Waals surface area contributed by atoms with Gasteiger partial charge in [-0.2, -0.15) is 0 Å². The molecule has 2 aromatic rings. The topological polar surface area (TPSA) is 79.5 Å². The molecule has 0 spiro atoms. The second-order valence-electron chi connectivity index (χ2n) is 5.66. The minimum absolute atomic E-state index is 0.269. The number of carbonyl (C=O) groups is 1. The second-order valence-corrected chi connectivity index (χ2v) is 6.52. The lowest BCUT2D eigenvalue weighted by Gasteiger charge is -2.13. The van der Waals surface area contributed by atoms with Crippen LogP contribution in [0.2, 0.25) is 0 Å². The number of carbonyl (C=O) groups excluding carboxylic acids is 1. The predicted molar refractivity (Wildman–Crippen MR) is 86.5 cm³/mol. The molecule has 1 aliphatic rings. The summed E-state index contributed by atoms with van der Waals surface area (Å²) in [5.41, 5.74) is 7.80. The minimum Gasteiger partial charge on any atom is -0.396 e. The summed E-state index contributed by atoms with van der Waals surface area (Å²) in [6.45, 7) is 3.06. The molecule has 1 amide bonds. The van der Waals surface area contributed by atoms with Gasteiger partial charge in [-0.15, -0.1) is 11.3 Å². The van der Waals surface area contributed by atoms with Gasteiger partial charge in [0.2, 0.25) is 5.91 Å². The third-order valence-electron chi connectivity index (χ3n) is 3.98. The molecule has 1 unspecified atom stereocenters. The summed E-state index contributed by atoms with van der Waals surface area (Å²) in [6.07, 6.45) is 1.06. The molecule has 1 saturated heterocycles. The lowest BCUT2D eigenvalue weighted by molar-refractivity contribution is 0.100. The highest BCUT2D eigenvalue weighted by Gasteiger charge is 2.22. The Bertz CT molecular complexity index is 654. The number of likely N-dealkylation sites (tertiary alicyclic amines) is 1. The average Bonchev–Trinajstić information content (AvgIpc) is 3.17. The van der Waals surface area contributed by atoms with E-state index in [0.717, 1.165) is 42.3 Å². The van der Waals surface area contributed by atoms with E-state index in [0.29, 0.717) is 11.5 Å². The van der Waals surface area contributed by atoms with Gasteiger partial charge in [-0.3, -0.25) is 9.69 Å². The van der Waals surface area contributed by atoms with Crippen molar-refractivity contribution in [3.63, 3.8) is 0 Å². The Labute approximate surface area is 133 Å². The smallest absolute Gasteiger partial charge is 0.248 e. The lowest BCUT2D eigenvalue weighted by Crippen LogP contribution is -2.21. The van der Waals surface area contributed by atoms with Gasteiger partial charge in [0.15, 0.2) is 0 Å². The van der Waals surface area contributed by atoms with Crippen LogP contribution >= 0.6 is 11.3 Å². The molecule has 22 heavy (non-hydrogen) atoms. The van der Waals surface area contributed by atoms with E-state index < -0.39 is 5.91 Å². The Balaban J connectivity index is 1.67. The van der Waals surface area contributed by atoms with Gasteiger partial charge in [-0.25, -0.2) is 4.98 Å². The van der Waals surface area contributed by atoms with Crippen molar-refractivity contribution in [2.45, 2.75) is 13.0 Å². The van der Waals surface area contributed by atoms with Gasteiger partial charge in [0, 0.05) is 36.2 Å². The third kappa shape index (κ3) is 3.35. The number of primary amides is 1. The Morgan fingerprint density at radius 2 is 2.18 bits per heavy atom. The molecule has 1 aromatic heterocycles. The first-order valence-corrected chi connectivity index (χ1v) is 8.21. The van der Waals surface area contributed by atoms with Crippen LogP contribution < -0.4 is 5.73 Å². The third-order valence-corrected chi connectivity index (χ3v) is 4.92. The van der Waals surface area contributed by atoms with Crippen molar-refractivity contribution in [3.05, 3.63) is 40.9 Å². The largest absolute Gasteiger partial charge is 0.396 e. The summed E-state index contributed by atoms with van der Waals surface area (Å²) in [7, 11) is 0. The summed E-state index contributed by atoms with van der Waals surface area (Å²) in [5, 5.41) is 12.2. The van der Waals surface area contributed by atoms with Crippen LogP contribution in [0.15, 0.2) is 29.6 Å². The number of aromatic nitrogens is 1. The molecule has 3 N–H and O–H groups in total. The predicted octanol–water partition coefficient (Wildman–Crippen LogP) is 1.72. The van der Waals surface area contributed by atoms with Gasteiger partial charge in [-0.1, -0.05) is 12.1 Å². The van der Waals surface area contributed by atoms with Crippen molar-refractivity contribution in [2.24, 2.45) is 11.7 Å². The van der Waals surface area contributed by atoms with Crippen LogP contribution in [-0.4, -0.2) is 40.6 Å². The number of aliphatic hydroxyl groups is 1. The number of aliphatic hydroxyl groups excluding tert-OH is 1. The van der Waals surface area contributed by atoms with Gasteiger partial charge in [0.25, 0.3) is 0 Å². The molecule has 0 radical (unpaired) electrons. The molecular formula is C16H19N3O2S. The zero-order chi connectivity index (χ0) is 15.5. The molecule has 5 nitrogen and oxygen atoms in total. The maximum Gasteiger partial charge on any atom is 0.248 e. The molecule has 2 heterocycles. The first-order chi connectivity index (χ1) is 10.7. The van der Waals surface area contributed by atoms with Gasteiger partial charge in [0.1, 0.15) is 5.01 Å². The number of thiazole rings is 1. The summed E-state index contributed by atoms with van der Waals surface area (Å²) in [5.74, 6) is -0.0155. The Morgan fingerprint density at radius 1 is 1.41 bits per heavy atom. The SMILES string of the molecule is NC(=O)c1ccc(-c2nc(CN3CCC(CO)C3)cs2)cc1. The fraction of sp³-hybridized carbons (Fsp3) is 0.375. The molecule has 116 valence electrons. The molecule has 0 saturated carbocycles. The maximum atomic E-state index is 11.1. The van der Waals surface area contributed by atoms with Crippen LogP contribution in [-0.2, 0) is 6.54 Å². The number of hydrogen-bond donors (Lipinski definition) is 2. The summed E-state index contributed by atoms with van der Waals surface area (Å²) < 4.78 is 0.